The van der Waals surface area contributed by atoms with Crippen LogP contribution in [0, 0.1) is 18.3 Å². The molecular weight excluding hydrogens is 276 g/mol. The highest BCUT2D eigenvalue weighted by Gasteiger charge is 2.65. The van der Waals surface area contributed by atoms with Gasteiger partial charge in [0, 0.05) is 4.47 Å². The molecule has 0 unspecified atom stereocenters. The smallest absolute Gasteiger partial charge is 0.118 e. The summed E-state index contributed by atoms with van der Waals surface area (Å²) in [6.45, 7) is 6.73. The van der Waals surface area contributed by atoms with Gasteiger partial charge in [-0.3, -0.25) is 0 Å². The van der Waals surface area contributed by atoms with E-state index in [2.05, 4.69) is 35.8 Å². The molecule has 0 spiro atoms. The van der Waals surface area contributed by atoms with Crippen LogP contribution in [0.3, 0.4) is 0 Å². The van der Waals surface area contributed by atoms with E-state index in [0.717, 1.165) is 16.0 Å². The van der Waals surface area contributed by atoms with Gasteiger partial charge < -0.3 is 5.11 Å². The Hall–Kier alpha value is -0.500. The van der Waals surface area contributed by atoms with Crippen LogP contribution < -0.4 is 0 Å². The van der Waals surface area contributed by atoms with E-state index in [1.165, 1.54) is 24.8 Å². The van der Waals surface area contributed by atoms with E-state index in [0.29, 0.717) is 11.2 Å². The number of phenolic OH excluding ortho intramolecular Hbond substituents is 1. The Morgan fingerprint density at radius 1 is 1.35 bits per heavy atom. The molecule has 92 valence electrons. The summed E-state index contributed by atoms with van der Waals surface area (Å²) in [5, 5.41) is 9.96. The zero-order chi connectivity index (χ0) is 12.4. The number of halogens is 1. The van der Waals surface area contributed by atoms with Gasteiger partial charge in [-0.05, 0) is 66.2 Å². The summed E-state index contributed by atoms with van der Waals surface area (Å²) in [6.07, 6.45) is 3.94. The number of phenols is 1. The Kier molecular flexibility index (Phi) is 2.24. The molecule has 1 N–H and O–H groups in total. The van der Waals surface area contributed by atoms with Crippen LogP contribution in [0.25, 0.3) is 0 Å². The Labute approximate surface area is 111 Å². The van der Waals surface area contributed by atoms with E-state index in [9.17, 15) is 5.11 Å². The molecule has 0 aliphatic heterocycles. The third-order valence-corrected chi connectivity index (χ3v) is 6.20. The number of hydrogen-bond donors (Lipinski definition) is 1. The minimum atomic E-state index is 0.224. The lowest BCUT2D eigenvalue weighted by molar-refractivity contribution is 0.308. The molecule has 2 aliphatic rings. The standard InChI is InChI=1S/C15H19BrO/c1-9-6-12(16)11(7-13(9)17)14(2)5-4-10-8-15(10,14)3/h6-7,10,17H,4-5,8H2,1-3H3/t10-,14+,15+/m1/s1. The molecule has 17 heavy (non-hydrogen) atoms. The molecule has 0 heterocycles. The SMILES string of the molecule is Cc1cc(Br)c([C@]2(C)CC[C@@H]3C[C@@]32C)cc1O. The van der Waals surface area contributed by atoms with Crippen LogP contribution in [0.4, 0.5) is 0 Å². The van der Waals surface area contributed by atoms with E-state index >= 15 is 0 Å². The zero-order valence-electron chi connectivity index (χ0n) is 10.7. The summed E-state index contributed by atoms with van der Waals surface area (Å²) in [6, 6.07) is 4.03. The number of benzene rings is 1. The second-order valence-electron chi connectivity index (χ2n) is 6.31. The van der Waals surface area contributed by atoms with Gasteiger partial charge in [0.2, 0.25) is 0 Å². The van der Waals surface area contributed by atoms with Gasteiger partial charge in [0.1, 0.15) is 5.75 Å². The van der Waals surface area contributed by atoms with Crippen LogP contribution in [0.1, 0.15) is 44.2 Å². The van der Waals surface area contributed by atoms with Crippen molar-refractivity contribution in [1.29, 1.82) is 0 Å². The first kappa shape index (κ1) is 11.6. The maximum atomic E-state index is 9.96. The van der Waals surface area contributed by atoms with E-state index in [4.69, 9.17) is 0 Å². The number of rotatable bonds is 1. The van der Waals surface area contributed by atoms with Crippen molar-refractivity contribution in [2.24, 2.45) is 11.3 Å². The Balaban J connectivity index is 2.13. The molecule has 0 aromatic heterocycles. The molecule has 1 aromatic carbocycles. The molecule has 0 bridgehead atoms. The van der Waals surface area contributed by atoms with Gasteiger partial charge in [0.25, 0.3) is 0 Å². The second kappa shape index (κ2) is 3.28. The fraction of sp³-hybridized carbons (Fsp3) is 0.600. The first-order valence-electron chi connectivity index (χ1n) is 6.38. The van der Waals surface area contributed by atoms with Gasteiger partial charge in [-0.15, -0.1) is 0 Å². The summed E-state index contributed by atoms with van der Waals surface area (Å²) in [7, 11) is 0. The molecule has 0 radical (unpaired) electrons. The molecule has 2 heteroatoms. The van der Waals surface area contributed by atoms with Gasteiger partial charge in [0.05, 0.1) is 0 Å². The summed E-state index contributed by atoms with van der Waals surface area (Å²) in [4.78, 5) is 0. The Morgan fingerprint density at radius 3 is 2.59 bits per heavy atom. The third kappa shape index (κ3) is 1.36. The van der Waals surface area contributed by atoms with Crippen molar-refractivity contribution in [2.45, 2.75) is 45.4 Å². The average molecular weight is 295 g/mol. The normalized spacial score (nSPS) is 39.2. The maximum Gasteiger partial charge on any atom is 0.118 e. The molecule has 0 saturated heterocycles. The maximum absolute atomic E-state index is 9.96. The van der Waals surface area contributed by atoms with Crippen LogP contribution in [0.5, 0.6) is 5.75 Å². The topological polar surface area (TPSA) is 20.2 Å². The minimum Gasteiger partial charge on any atom is -0.508 e. The Bertz CT molecular complexity index is 494. The van der Waals surface area contributed by atoms with Gasteiger partial charge in [-0.25, -0.2) is 0 Å². The van der Waals surface area contributed by atoms with Crippen molar-refractivity contribution in [3.05, 3.63) is 27.7 Å². The van der Waals surface area contributed by atoms with Crippen molar-refractivity contribution in [2.75, 3.05) is 0 Å². The molecule has 0 amide bonds. The fourth-order valence-corrected chi connectivity index (χ4v) is 4.72. The van der Waals surface area contributed by atoms with Crippen molar-refractivity contribution in [3.8, 4) is 5.75 Å². The monoisotopic (exact) mass is 294 g/mol. The van der Waals surface area contributed by atoms with Crippen molar-refractivity contribution >= 4 is 15.9 Å². The second-order valence-corrected chi connectivity index (χ2v) is 7.16. The lowest BCUT2D eigenvalue weighted by atomic mass is 9.70. The Morgan fingerprint density at radius 2 is 2.06 bits per heavy atom. The minimum absolute atomic E-state index is 0.224. The first-order valence-corrected chi connectivity index (χ1v) is 7.17. The predicted molar refractivity (Wildman–Crippen MR) is 73.3 cm³/mol. The van der Waals surface area contributed by atoms with Crippen molar-refractivity contribution in [3.63, 3.8) is 0 Å². The van der Waals surface area contributed by atoms with Crippen LogP contribution in [-0.4, -0.2) is 5.11 Å². The van der Waals surface area contributed by atoms with Gasteiger partial charge in [0.15, 0.2) is 0 Å². The highest BCUT2D eigenvalue weighted by molar-refractivity contribution is 9.10. The summed E-state index contributed by atoms with van der Waals surface area (Å²) in [5.41, 5.74) is 2.92. The van der Waals surface area contributed by atoms with Crippen molar-refractivity contribution in [1.82, 2.24) is 0 Å². The average Bonchev–Trinajstić information content (AvgIpc) is 2.87. The summed E-state index contributed by atoms with van der Waals surface area (Å²) < 4.78 is 1.16. The number of aromatic hydroxyl groups is 1. The quantitative estimate of drug-likeness (QED) is 0.806. The largest absolute Gasteiger partial charge is 0.508 e. The van der Waals surface area contributed by atoms with Crippen molar-refractivity contribution < 1.29 is 5.11 Å². The van der Waals surface area contributed by atoms with Crippen LogP contribution in [0.2, 0.25) is 0 Å². The summed E-state index contributed by atoms with van der Waals surface area (Å²) in [5.74, 6) is 1.33. The highest BCUT2D eigenvalue weighted by Crippen LogP contribution is 2.72. The molecule has 1 nitrogen and oxygen atoms in total. The van der Waals surface area contributed by atoms with E-state index in [1.807, 2.05) is 13.0 Å². The number of hydrogen-bond acceptors (Lipinski definition) is 1. The first-order chi connectivity index (χ1) is 7.88. The molecule has 3 rings (SSSR count). The lowest BCUT2D eigenvalue weighted by Gasteiger charge is -2.34. The summed E-state index contributed by atoms with van der Waals surface area (Å²) >= 11 is 3.69. The number of fused-ring (bicyclic) bond motifs is 1. The fourth-order valence-electron chi connectivity index (χ4n) is 3.82. The molecule has 2 aliphatic carbocycles. The predicted octanol–water partition coefficient (Wildman–Crippen LogP) is 4.54. The zero-order valence-corrected chi connectivity index (χ0v) is 12.3. The van der Waals surface area contributed by atoms with Gasteiger partial charge in [-0.2, -0.15) is 0 Å². The van der Waals surface area contributed by atoms with E-state index in [-0.39, 0.29) is 5.41 Å². The van der Waals surface area contributed by atoms with E-state index in [1.54, 1.807) is 0 Å². The van der Waals surface area contributed by atoms with Gasteiger partial charge >= 0.3 is 0 Å². The van der Waals surface area contributed by atoms with Crippen LogP contribution >= 0.6 is 15.9 Å². The van der Waals surface area contributed by atoms with E-state index < -0.39 is 0 Å². The van der Waals surface area contributed by atoms with Gasteiger partial charge in [-0.1, -0.05) is 29.8 Å². The molecule has 1 aromatic rings. The molecule has 3 atom stereocenters. The highest BCUT2D eigenvalue weighted by atomic mass is 79.9. The lowest BCUT2D eigenvalue weighted by Crippen LogP contribution is -2.29. The number of aryl methyl sites for hydroxylation is 1. The van der Waals surface area contributed by atoms with Crippen LogP contribution in [0.15, 0.2) is 16.6 Å². The molecule has 2 saturated carbocycles. The van der Waals surface area contributed by atoms with Crippen LogP contribution in [-0.2, 0) is 5.41 Å². The molecule has 2 fully saturated rings. The third-order valence-electron chi connectivity index (χ3n) is 5.54. The molecular formula is C15H19BrO.